The molecular formula is C11H18N2O. The lowest BCUT2D eigenvalue weighted by molar-refractivity contribution is -0.128. The third-order valence-corrected chi connectivity index (χ3v) is 2.61. The summed E-state index contributed by atoms with van der Waals surface area (Å²) in [5.74, 6) is 2.85. The Balaban J connectivity index is 2.44. The minimum Gasteiger partial charge on any atom is -0.344 e. The molecule has 1 rings (SSSR count). The Morgan fingerprint density at radius 1 is 1.79 bits per heavy atom. The van der Waals surface area contributed by atoms with Crippen LogP contribution in [0.4, 0.5) is 0 Å². The molecule has 1 saturated heterocycles. The third-order valence-electron chi connectivity index (χ3n) is 2.61. The highest BCUT2D eigenvalue weighted by molar-refractivity contribution is 5.83. The molecule has 3 heteroatoms. The van der Waals surface area contributed by atoms with Gasteiger partial charge in [0, 0.05) is 13.6 Å². The fourth-order valence-corrected chi connectivity index (χ4v) is 1.72. The quantitative estimate of drug-likeness (QED) is 0.665. The van der Waals surface area contributed by atoms with Crippen molar-refractivity contribution in [2.24, 2.45) is 0 Å². The van der Waals surface area contributed by atoms with Gasteiger partial charge in [-0.15, -0.1) is 6.42 Å². The first-order chi connectivity index (χ1) is 6.69. The zero-order valence-electron chi connectivity index (χ0n) is 8.92. The van der Waals surface area contributed by atoms with Crippen molar-refractivity contribution >= 4 is 5.91 Å². The highest BCUT2D eigenvalue weighted by Gasteiger charge is 2.29. The number of rotatable bonds is 4. The van der Waals surface area contributed by atoms with E-state index in [0.717, 1.165) is 25.8 Å². The highest BCUT2D eigenvalue weighted by atomic mass is 16.2. The van der Waals surface area contributed by atoms with Crippen LogP contribution in [0.5, 0.6) is 0 Å². The van der Waals surface area contributed by atoms with Crippen LogP contribution in [-0.2, 0) is 4.79 Å². The lowest BCUT2D eigenvalue weighted by atomic mass is 10.1. The van der Waals surface area contributed by atoms with Gasteiger partial charge >= 0.3 is 0 Å². The second-order valence-electron chi connectivity index (χ2n) is 3.78. The number of nitrogens with one attached hydrogen (secondary N) is 1. The number of hydrogen-bond donors (Lipinski definition) is 1. The molecule has 1 aliphatic heterocycles. The van der Waals surface area contributed by atoms with E-state index < -0.39 is 0 Å². The number of carbonyl (C=O) groups is 1. The van der Waals surface area contributed by atoms with Crippen molar-refractivity contribution < 1.29 is 4.79 Å². The van der Waals surface area contributed by atoms with E-state index in [9.17, 15) is 4.79 Å². The topological polar surface area (TPSA) is 32.3 Å². The van der Waals surface area contributed by atoms with E-state index in [2.05, 4.69) is 18.2 Å². The molecule has 1 fully saturated rings. The van der Waals surface area contributed by atoms with Crippen molar-refractivity contribution in [3.05, 3.63) is 0 Å². The van der Waals surface area contributed by atoms with E-state index in [1.807, 2.05) is 7.05 Å². The maximum absolute atomic E-state index is 11.6. The van der Waals surface area contributed by atoms with Crippen LogP contribution >= 0.6 is 0 Å². The lowest BCUT2D eigenvalue weighted by Gasteiger charge is -2.17. The van der Waals surface area contributed by atoms with Gasteiger partial charge in [-0.05, 0) is 12.8 Å². The van der Waals surface area contributed by atoms with Crippen LogP contribution in [0.15, 0.2) is 0 Å². The SMILES string of the molecule is C#CC(CCC)NC1CCN(C)C1=O. The Hall–Kier alpha value is -1.01. The Morgan fingerprint density at radius 2 is 2.50 bits per heavy atom. The van der Waals surface area contributed by atoms with Crippen LogP contribution in [0, 0.1) is 12.3 Å². The van der Waals surface area contributed by atoms with Crippen LogP contribution < -0.4 is 5.32 Å². The summed E-state index contributed by atoms with van der Waals surface area (Å²) in [5, 5.41) is 3.22. The number of amides is 1. The number of carbonyl (C=O) groups excluding carboxylic acids is 1. The normalized spacial score (nSPS) is 23.6. The summed E-state index contributed by atoms with van der Waals surface area (Å²) in [6.07, 6.45) is 8.23. The molecule has 0 saturated carbocycles. The predicted molar refractivity (Wildman–Crippen MR) is 56.7 cm³/mol. The summed E-state index contributed by atoms with van der Waals surface area (Å²) in [5.41, 5.74) is 0. The molecule has 3 nitrogen and oxygen atoms in total. The smallest absolute Gasteiger partial charge is 0.239 e. The number of likely N-dealkylation sites (tertiary alicyclic amines) is 1. The van der Waals surface area contributed by atoms with Crippen molar-refractivity contribution in [1.29, 1.82) is 0 Å². The van der Waals surface area contributed by atoms with E-state index >= 15 is 0 Å². The van der Waals surface area contributed by atoms with Crippen molar-refractivity contribution in [3.63, 3.8) is 0 Å². The van der Waals surface area contributed by atoms with E-state index in [1.165, 1.54) is 0 Å². The summed E-state index contributed by atoms with van der Waals surface area (Å²) < 4.78 is 0. The number of nitrogens with zero attached hydrogens (tertiary/aromatic N) is 1. The van der Waals surface area contributed by atoms with Crippen molar-refractivity contribution in [1.82, 2.24) is 10.2 Å². The maximum Gasteiger partial charge on any atom is 0.239 e. The molecule has 0 aromatic carbocycles. The first kappa shape index (κ1) is 11.1. The molecule has 78 valence electrons. The fraction of sp³-hybridized carbons (Fsp3) is 0.727. The van der Waals surface area contributed by atoms with Gasteiger partial charge in [0.1, 0.15) is 0 Å². The van der Waals surface area contributed by atoms with Gasteiger partial charge in [0.15, 0.2) is 0 Å². The number of likely N-dealkylation sites (N-methyl/N-ethyl adjacent to an activating group) is 1. The monoisotopic (exact) mass is 194 g/mol. The Morgan fingerprint density at radius 3 is 2.93 bits per heavy atom. The van der Waals surface area contributed by atoms with Crippen molar-refractivity contribution in [2.75, 3.05) is 13.6 Å². The molecule has 2 unspecified atom stereocenters. The van der Waals surface area contributed by atoms with Gasteiger partial charge in [0.25, 0.3) is 0 Å². The first-order valence-electron chi connectivity index (χ1n) is 5.16. The molecule has 0 aliphatic carbocycles. The lowest BCUT2D eigenvalue weighted by Crippen LogP contribution is -2.42. The van der Waals surface area contributed by atoms with Crippen LogP contribution in [0.25, 0.3) is 0 Å². The van der Waals surface area contributed by atoms with Crippen LogP contribution in [-0.4, -0.2) is 36.5 Å². The van der Waals surface area contributed by atoms with E-state index in [0.29, 0.717) is 0 Å². The second-order valence-corrected chi connectivity index (χ2v) is 3.78. The molecule has 0 aromatic rings. The van der Waals surface area contributed by atoms with Crippen LogP contribution in [0.1, 0.15) is 26.2 Å². The molecule has 1 N–H and O–H groups in total. The van der Waals surface area contributed by atoms with E-state index in [-0.39, 0.29) is 18.0 Å². The van der Waals surface area contributed by atoms with Gasteiger partial charge in [-0.3, -0.25) is 10.1 Å². The number of hydrogen-bond acceptors (Lipinski definition) is 2. The molecule has 0 radical (unpaired) electrons. The van der Waals surface area contributed by atoms with Gasteiger partial charge in [0.2, 0.25) is 5.91 Å². The molecule has 0 spiro atoms. The Bertz CT molecular complexity index is 244. The van der Waals surface area contributed by atoms with Gasteiger partial charge in [-0.25, -0.2) is 0 Å². The molecule has 0 aromatic heterocycles. The molecule has 0 bridgehead atoms. The van der Waals surface area contributed by atoms with Crippen molar-refractivity contribution in [3.8, 4) is 12.3 Å². The molecule has 1 aliphatic rings. The molecule has 1 heterocycles. The summed E-state index contributed by atoms with van der Waals surface area (Å²) in [7, 11) is 1.83. The first-order valence-corrected chi connectivity index (χ1v) is 5.16. The standard InChI is InChI=1S/C11H18N2O/c1-4-6-9(5-2)12-10-7-8-13(3)11(10)14/h2,9-10,12H,4,6-8H2,1,3H3. The van der Waals surface area contributed by atoms with Gasteiger partial charge in [-0.1, -0.05) is 19.3 Å². The highest BCUT2D eigenvalue weighted by Crippen LogP contribution is 2.10. The van der Waals surface area contributed by atoms with Crippen LogP contribution in [0.2, 0.25) is 0 Å². The van der Waals surface area contributed by atoms with Gasteiger partial charge in [-0.2, -0.15) is 0 Å². The Kier molecular flexibility index (Phi) is 3.97. The van der Waals surface area contributed by atoms with E-state index in [1.54, 1.807) is 4.90 Å². The second kappa shape index (κ2) is 5.02. The molecular weight excluding hydrogens is 176 g/mol. The minimum atomic E-state index is -0.0624. The average molecular weight is 194 g/mol. The van der Waals surface area contributed by atoms with Crippen LogP contribution in [0.3, 0.4) is 0 Å². The van der Waals surface area contributed by atoms with Gasteiger partial charge < -0.3 is 4.90 Å². The predicted octanol–water partition coefficient (Wildman–Crippen LogP) is 0.609. The zero-order chi connectivity index (χ0) is 10.6. The third kappa shape index (κ3) is 2.49. The average Bonchev–Trinajstić information content (AvgIpc) is 2.49. The zero-order valence-corrected chi connectivity index (χ0v) is 8.92. The van der Waals surface area contributed by atoms with Crippen molar-refractivity contribution in [2.45, 2.75) is 38.3 Å². The minimum absolute atomic E-state index is 0.0421. The summed E-state index contributed by atoms with van der Waals surface area (Å²) >= 11 is 0. The Labute approximate surface area is 85.9 Å². The molecule has 14 heavy (non-hydrogen) atoms. The van der Waals surface area contributed by atoms with Gasteiger partial charge in [0.05, 0.1) is 12.1 Å². The summed E-state index contributed by atoms with van der Waals surface area (Å²) in [6, 6.07) is -0.0203. The molecule has 2 atom stereocenters. The fourth-order valence-electron chi connectivity index (χ4n) is 1.72. The molecule has 1 amide bonds. The summed E-state index contributed by atoms with van der Waals surface area (Å²) in [4.78, 5) is 13.3. The van der Waals surface area contributed by atoms with E-state index in [4.69, 9.17) is 6.42 Å². The summed E-state index contributed by atoms with van der Waals surface area (Å²) in [6.45, 7) is 2.93. The number of terminal acetylenes is 1. The largest absolute Gasteiger partial charge is 0.344 e. The maximum atomic E-state index is 11.6.